The van der Waals surface area contributed by atoms with Gasteiger partial charge in [-0.1, -0.05) is 30.3 Å². The summed E-state index contributed by atoms with van der Waals surface area (Å²) in [5, 5.41) is 10.9. The van der Waals surface area contributed by atoms with Gasteiger partial charge in [0.2, 0.25) is 0 Å². The first-order valence-corrected chi connectivity index (χ1v) is 6.04. The molecule has 0 fully saturated rings. The van der Waals surface area contributed by atoms with E-state index in [0.717, 1.165) is 0 Å². The molecule has 2 N–H and O–H groups in total. The number of carboxylic acids is 1. The third-order valence-corrected chi connectivity index (χ3v) is 2.51. The van der Waals surface area contributed by atoms with Gasteiger partial charge in [-0.05, 0) is 12.0 Å². The largest absolute Gasteiger partial charge is 0.481 e. The van der Waals surface area contributed by atoms with Gasteiger partial charge in [0.1, 0.15) is 0 Å². The fourth-order valence-electron chi connectivity index (χ4n) is 1.61. The zero-order chi connectivity index (χ0) is 15.9. The van der Waals surface area contributed by atoms with Crippen molar-refractivity contribution in [1.82, 2.24) is 5.32 Å². The molecule has 0 aliphatic heterocycles. The highest BCUT2D eigenvalue weighted by Gasteiger charge is 2.30. The second-order valence-electron chi connectivity index (χ2n) is 4.23. The summed E-state index contributed by atoms with van der Waals surface area (Å²) in [5.74, 6) is -1.07. The van der Waals surface area contributed by atoms with Crippen LogP contribution in [0, 0.1) is 0 Å². The molecule has 1 aromatic carbocycles. The van der Waals surface area contributed by atoms with Gasteiger partial charge in [0.15, 0.2) is 6.61 Å². The topological polar surface area (TPSA) is 75.6 Å². The molecule has 1 unspecified atom stereocenters. The zero-order valence-corrected chi connectivity index (χ0v) is 10.9. The molecule has 1 atom stereocenters. The van der Waals surface area contributed by atoms with E-state index in [1.807, 2.05) is 0 Å². The molecule has 0 aromatic heterocycles. The molecule has 1 amide bonds. The van der Waals surface area contributed by atoms with Crippen LogP contribution in [-0.4, -0.2) is 30.0 Å². The number of amides is 1. The fourth-order valence-corrected chi connectivity index (χ4v) is 1.61. The Morgan fingerprint density at radius 1 is 1.24 bits per heavy atom. The number of carbonyl (C=O) groups is 2. The summed E-state index contributed by atoms with van der Waals surface area (Å²) in [7, 11) is 0. The summed E-state index contributed by atoms with van der Waals surface area (Å²) >= 11 is 0. The zero-order valence-electron chi connectivity index (χ0n) is 10.9. The van der Waals surface area contributed by atoms with Crippen LogP contribution in [0.5, 0.6) is 0 Å². The van der Waals surface area contributed by atoms with Crippen LogP contribution >= 0.6 is 0 Å². The lowest BCUT2D eigenvalue weighted by molar-refractivity contribution is -0.160. The number of nitrogens with one attached hydrogen (secondary N) is 1. The van der Waals surface area contributed by atoms with Crippen molar-refractivity contribution in [2.45, 2.75) is 25.1 Å². The lowest BCUT2D eigenvalue weighted by atomic mass is 10.0. The quantitative estimate of drug-likeness (QED) is 0.847. The Morgan fingerprint density at radius 2 is 1.86 bits per heavy atom. The molecule has 5 nitrogen and oxygen atoms in total. The van der Waals surface area contributed by atoms with Crippen LogP contribution in [0.25, 0.3) is 0 Å². The lowest BCUT2D eigenvalue weighted by Crippen LogP contribution is -2.32. The predicted molar refractivity (Wildman–Crippen MR) is 66.6 cm³/mol. The second kappa shape index (κ2) is 7.51. The average molecular weight is 305 g/mol. The normalized spacial score (nSPS) is 12.5. The molecule has 1 aromatic rings. The molecule has 21 heavy (non-hydrogen) atoms. The molecule has 0 bridgehead atoms. The number of hydrogen-bond donors (Lipinski definition) is 2. The van der Waals surface area contributed by atoms with Crippen LogP contribution in [0.1, 0.15) is 24.4 Å². The standard InChI is InChI=1S/C13H14F3NO4/c14-13(15,16)8-21-12(20)17-10(6-7-11(18)19)9-4-2-1-3-5-9/h1-5,10H,6-8H2,(H,17,20)(H,18,19). The molecule has 0 heterocycles. The Balaban J connectivity index is 2.64. The molecule has 8 heteroatoms. The Morgan fingerprint density at radius 3 is 2.38 bits per heavy atom. The third kappa shape index (κ3) is 7.19. The van der Waals surface area contributed by atoms with Crippen molar-refractivity contribution >= 4 is 12.1 Å². The van der Waals surface area contributed by atoms with E-state index >= 15 is 0 Å². The third-order valence-electron chi connectivity index (χ3n) is 2.51. The van der Waals surface area contributed by atoms with Crippen molar-refractivity contribution in [3.8, 4) is 0 Å². The van der Waals surface area contributed by atoms with Crippen molar-refractivity contribution in [2.24, 2.45) is 0 Å². The maximum Gasteiger partial charge on any atom is 0.422 e. The van der Waals surface area contributed by atoms with Gasteiger partial charge in [-0.3, -0.25) is 4.79 Å². The highest BCUT2D eigenvalue weighted by molar-refractivity contribution is 5.69. The first-order chi connectivity index (χ1) is 9.78. The maximum absolute atomic E-state index is 11.9. The van der Waals surface area contributed by atoms with Gasteiger partial charge in [0.05, 0.1) is 6.04 Å². The molecular weight excluding hydrogens is 291 g/mol. The van der Waals surface area contributed by atoms with Crippen molar-refractivity contribution in [3.05, 3.63) is 35.9 Å². The van der Waals surface area contributed by atoms with Gasteiger partial charge in [-0.25, -0.2) is 4.79 Å². The van der Waals surface area contributed by atoms with Crippen LogP contribution in [-0.2, 0) is 9.53 Å². The Kier molecular flexibility index (Phi) is 6.01. The number of rotatable bonds is 6. The summed E-state index contributed by atoms with van der Waals surface area (Å²) in [4.78, 5) is 21.9. The predicted octanol–water partition coefficient (Wildman–Crippen LogP) is 2.88. The number of benzene rings is 1. The number of halogens is 3. The number of hydrogen-bond acceptors (Lipinski definition) is 3. The molecule has 0 spiro atoms. The Hall–Kier alpha value is -2.25. The van der Waals surface area contributed by atoms with E-state index in [1.165, 1.54) is 0 Å². The van der Waals surface area contributed by atoms with Crippen LogP contribution in [0.4, 0.5) is 18.0 Å². The van der Waals surface area contributed by atoms with Crippen LogP contribution in [0.3, 0.4) is 0 Å². The SMILES string of the molecule is O=C(O)CCC(NC(=O)OCC(F)(F)F)c1ccccc1. The number of ether oxygens (including phenoxy) is 1. The molecule has 0 aliphatic carbocycles. The van der Waals surface area contributed by atoms with Gasteiger partial charge in [0, 0.05) is 6.42 Å². The number of alkyl carbamates (subject to hydrolysis) is 1. The van der Waals surface area contributed by atoms with E-state index < -0.39 is 30.9 Å². The van der Waals surface area contributed by atoms with Crippen molar-refractivity contribution in [2.75, 3.05) is 6.61 Å². The highest BCUT2D eigenvalue weighted by Crippen LogP contribution is 2.19. The summed E-state index contributed by atoms with van der Waals surface area (Å²) in [5.41, 5.74) is 0.586. The maximum atomic E-state index is 11.9. The smallest absolute Gasteiger partial charge is 0.422 e. The molecular formula is C13H14F3NO4. The molecule has 116 valence electrons. The fraction of sp³-hybridized carbons (Fsp3) is 0.385. The Labute approximate surface area is 118 Å². The lowest BCUT2D eigenvalue weighted by Gasteiger charge is -2.18. The van der Waals surface area contributed by atoms with E-state index in [-0.39, 0.29) is 12.8 Å². The number of carbonyl (C=O) groups excluding carboxylic acids is 1. The molecule has 0 saturated carbocycles. The minimum atomic E-state index is -4.61. The summed E-state index contributed by atoms with van der Waals surface area (Å²) in [6.07, 6.45) is -6.05. The highest BCUT2D eigenvalue weighted by atomic mass is 19.4. The van der Waals surface area contributed by atoms with Crippen LogP contribution in [0.15, 0.2) is 30.3 Å². The number of alkyl halides is 3. The first-order valence-electron chi connectivity index (χ1n) is 6.04. The number of carboxylic acid groups (broad SMARTS) is 1. The van der Waals surface area contributed by atoms with Crippen LogP contribution in [0.2, 0.25) is 0 Å². The number of aliphatic carboxylic acids is 1. The van der Waals surface area contributed by atoms with Crippen molar-refractivity contribution < 1.29 is 32.6 Å². The van der Waals surface area contributed by atoms with Gasteiger partial charge >= 0.3 is 18.2 Å². The van der Waals surface area contributed by atoms with E-state index in [1.54, 1.807) is 30.3 Å². The van der Waals surface area contributed by atoms with Crippen molar-refractivity contribution in [1.29, 1.82) is 0 Å². The van der Waals surface area contributed by atoms with Crippen LogP contribution < -0.4 is 5.32 Å². The van der Waals surface area contributed by atoms with Gasteiger partial charge in [-0.15, -0.1) is 0 Å². The summed E-state index contributed by atoms with van der Waals surface area (Å²) < 4.78 is 39.9. The summed E-state index contributed by atoms with van der Waals surface area (Å²) in [6, 6.07) is 7.60. The second-order valence-corrected chi connectivity index (χ2v) is 4.23. The molecule has 1 rings (SSSR count). The molecule has 0 aliphatic rings. The minimum absolute atomic E-state index is 0.0421. The molecule has 0 radical (unpaired) electrons. The van der Waals surface area contributed by atoms with Crippen molar-refractivity contribution in [3.63, 3.8) is 0 Å². The van der Waals surface area contributed by atoms with E-state index in [4.69, 9.17) is 5.11 Å². The van der Waals surface area contributed by atoms with Gasteiger partial charge in [0.25, 0.3) is 0 Å². The first kappa shape index (κ1) is 16.8. The van der Waals surface area contributed by atoms with E-state index in [9.17, 15) is 22.8 Å². The van der Waals surface area contributed by atoms with Gasteiger partial charge < -0.3 is 15.2 Å². The minimum Gasteiger partial charge on any atom is -0.481 e. The average Bonchev–Trinajstić information content (AvgIpc) is 2.41. The summed E-state index contributed by atoms with van der Waals surface area (Å²) in [6.45, 7) is -1.70. The monoisotopic (exact) mass is 305 g/mol. The molecule has 0 saturated heterocycles. The van der Waals surface area contributed by atoms with E-state index in [0.29, 0.717) is 5.56 Å². The van der Waals surface area contributed by atoms with Gasteiger partial charge in [-0.2, -0.15) is 13.2 Å². The van der Waals surface area contributed by atoms with E-state index in [2.05, 4.69) is 10.1 Å². The Bertz CT molecular complexity index is 476.